The molecule has 0 aromatic heterocycles. The van der Waals surface area contributed by atoms with Gasteiger partial charge in [-0.05, 0) is 29.3 Å². The largest absolute Gasteiger partial charge is 0.398 e. The summed E-state index contributed by atoms with van der Waals surface area (Å²) in [5.41, 5.74) is 8.81. The topological polar surface area (TPSA) is 26.0 Å². The van der Waals surface area contributed by atoms with Crippen molar-refractivity contribution in [3.8, 4) is 0 Å². The maximum atomic E-state index is 6.00. The highest BCUT2D eigenvalue weighted by atomic mass is 35.5. The normalized spacial score (nSPS) is 11.4. The Morgan fingerprint density at radius 3 is 2.19 bits per heavy atom. The summed E-state index contributed by atoms with van der Waals surface area (Å²) in [5.74, 6) is 0. The van der Waals surface area contributed by atoms with E-state index in [1.54, 1.807) is 0 Å². The van der Waals surface area contributed by atoms with Gasteiger partial charge in [0.2, 0.25) is 0 Å². The van der Waals surface area contributed by atoms with E-state index in [1.165, 1.54) is 0 Å². The molecule has 2 aromatic carbocycles. The average molecular weight is 230 g/mol. The molecule has 1 nitrogen and oxygen atoms in total. The first-order chi connectivity index (χ1) is 7.75. The number of rotatable bonds is 2. The summed E-state index contributed by atoms with van der Waals surface area (Å²) >= 11 is 5.82. The standard InChI is InChI=1S/C14H12ClN/c15-13-8-6-12(7-9-13)14(16)10-11-4-2-1-3-5-11/h1-10H,16H2. The van der Waals surface area contributed by atoms with Gasteiger partial charge < -0.3 is 5.73 Å². The minimum atomic E-state index is 0.719. The van der Waals surface area contributed by atoms with Crippen LogP contribution in [-0.2, 0) is 0 Å². The van der Waals surface area contributed by atoms with Crippen LogP contribution in [0.15, 0.2) is 54.6 Å². The zero-order chi connectivity index (χ0) is 11.4. The molecule has 0 heterocycles. The molecule has 0 bridgehead atoms. The van der Waals surface area contributed by atoms with Crippen LogP contribution >= 0.6 is 11.6 Å². The van der Waals surface area contributed by atoms with Crippen LogP contribution in [0.25, 0.3) is 11.8 Å². The quantitative estimate of drug-likeness (QED) is 0.779. The van der Waals surface area contributed by atoms with E-state index < -0.39 is 0 Å². The van der Waals surface area contributed by atoms with Crippen molar-refractivity contribution in [2.45, 2.75) is 0 Å². The Bertz CT molecular complexity index is 486. The number of hydrogen-bond donors (Lipinski definition) is 1. The van der Waals surface area contributed by atoms with Gasteiger partial charge in [0, 0.05) is 10.7 Å². The Labute approximate surface area is 100 Å². The van der Waals surface area contributed by atoms with Crippen LogP contribution in [0.1, 0.15) is 11.1 Å². The van der Waals surface area contributed by atoms with E-state index in [1.807, 2.05) is 60.7 Å². The summed E-state index contributed by atoms with van der Waals surface area (Å²) in [4.78, 5) is 0. The van der Waals surface area contributed by atoms with Gasteiger partial charge in [0.1, 0.15) is 0 Å². The molecule has 2 heteroatoms. The fourth-order valence-electron chi connectivity index (χ4n) is 1.45. The monoisotopic (exact) mass is 229 g/mol. The van der Waals surface area contributed by atoms with Crippen molar-refractivity contribution in [2.24, 2.45) is 5.73 Å². The van der Waals surface area contributed by atoms with Crippen LogP contribution in [0.5, 0.6) is 0 Å². The third kappa shape index (κ3) is 2.65. The highest BCUT2D eigenvalue weighted by Gasteiger charge is 1.96. The van der Waals surface area contributed by atoms with E-state index in [2.05, 4.69) is 0 Å². The number of benzene rings is 2. The molecule has 0 atom stereocenters. The first kappa shape index (κ1) is 10.8. The second-order valence-corrected chi connectivity index (χ2v) is 3.95. The lowest BCUT2D eigenvalue weighted by molar-refractivity contribution is 1.52. The Kier molecular flexibility index (Phi) is 3.28. The molecule has 2 aromatic rings. The lowest BCUT2D eigenvalue weighted by atomic mass is 10.1. The predicted molar refractivity (Wildman–Crippen MR) is 70.0 cm³/mol. The van der Waals surface area contributed by atoms with Crippen molar-refractivity contribution >= 4 is 23.4 Å². The second kappa shape index (κ2) is 4.86. The van der Waals surface area contributed by atoms with E-state index in [-0.39, 0.29) is 0 Å². The highest BCUT2D eigenvalue weighted by Crippen LogP contribution is 2.16. The van der Waals surface area contributed by atoms with Gasteiger partial charge in [-0.2, -0.15) is 0 Å². The smallest absolute Gasteiger partial charge is 0.0406 e. The van der Waals surface area contributed by atoms with E-state index in [0.29, 0.717) is 0 Å². The van der Waals surface area contributed by atoms with Gasteiger partial charge in [0.05, 0.1) is 0 Å². The molecule has 0 unspecified atom stereocenters. The molecule has 0 radical (unpaired) electrons. The summed E-state index contributed by atoms with van der Waals surface area (Å²) < 4.78 is 0. The first-order valence-corrected chi connectivity index (χ1v) is 5.42. The van der Waals surface area contributed by atoms with Crippen LogP contribution in [0.3, 0.4) is 0 Å². The molecule has 0 saturated carbocycles. The minimum absolute atomic E-state index is 0.719. The summed E-state index contributed by atoms with van der Waals surface area (Å²) in [6.07, 6.45) is 1.95. The van der Waals surface area contributed by atoms with Gasteiger partial charge in [-0.15, -0.1) is 0 Å². The molecule has 0 spiro atoms. The van der Waals surface area contributed by atoms with Gasteiger partial charge in [-0.25, -0.2) is 0 Å². The number of nitrogens with two attached hydrogens (primary N) is 1. The maximum absolute atomic E-state index is 6.00. The zero-order valence-corrected chi connectivity index (χ0v) is 9.48. The fraction of sp³-hybridized carbons (Fsp3) is 0. The first-order valence-electron chi connectivity index (χ1n) is 5.04. The van der Waals surface area contributed by atoms with Crippen LogP contribution in [0, 0.1) is 0 Å². The van der Waals surface area contributed by atoms with Crippen LogP contribution in [0.4, 0.5) is 0 Å². The zero-order valence-electron chi connectivity index (χ0n) is 8.73. The van der Waals surface area contributed by atoms with Crippen molar-refractivity contribution in [1.82, 2.24) is 0 Å². The SMILES string of the molecule is NC(=Cc1ccccc1)c1ccc(Cl)cc1. The summed E-state index contributed by atoms with van der Waals surface area (Å²) in [6.45, 7) is 0. The van der Waals surface area contributed by atoms with Gasteiger partial charge in [-0.3, -0.25) is 0 Å². The van der Waals surface area contributed by atoms with Crippen LogP contribution in [0.2, 0.25) is 5.02 Å². The third-order valence-corrected chi connectivity index (χ3v) is 2.55. The molecule has 2 N–H and O–H groups in total. The molecule has 0 aliphatic rings. The number of halogens is 1. The van der Waals surface area contributed by atoms with Crippen molar-refractivity contribution in [3.63, 3.8) is 0 Å². The summed E-state index contributed by atoms with van der Waals surface area (Å²) in [7, 11) is 0. The van der Waals surface area contributed by atoms with Crippen molar-refractivity contribution < 1.29 is 0 Å². The molecule has 80 valence electrons. The van der Waals surface area contributed by atoms with Gasteiger partial charge in [0.15, 0.2) is 0 Å². The molecule has 0 saturated heterocycles. The highest BCUT2D eigenvalue weighted by molar-refractivity contribution is 6.30. The van der Waals surface area contributed by atoms with Crippen molar-refractivity contribution in [1.29, 1.82) is 0 Å². The molecule has 0 amide bonds. The fourth-order valence-corrected chi connectivity index (χ4v) is 1.58. The number of hydrogen-bond acceptors (Lipinski definition) is 1. The Morgan fingerprint density at radius 2 is 1.56 bits per heavy atom. The van der Waals surface area contributed by atoms with Crippen molar-refractivity contribution in [3.05, 3.63) is 70.7 Å². The Morgan fingerprint density at radius 1 is 0.938 bits per heavy atom. The van der Waals surface area contributed by atoms with E-state index >= 15 is 0 Å². The molecular weight excluding hydrogens is 218 g/mol. The van der Waals surface area contributed by atoms with Crippen LogP contribution in [-0.4, -0.2) is 0 Å². The second-order valence-electron chi connectivity index (χ2n) is 3.52. The molecule has 2 rings (SSSR count). The van der Waals surface area contributed by atoms with E-state index in [4.69, 9.17) is 17.3 Å². The van der Waals surface area contributed by atoms with E-state index in [9.17, 15) is 0 Å². The predicted octanol–water partition coefficient (Wildman–Crippen LogP) is 3.80. The summed E-state index contributed by atoms with van der Waals surface area (Å²) in [5, 5.41) is 0.719. The lowest BCUT2D eigenvalue weighted by Gasteiger charge is -2.02. The molecule has 0 aliphatic heterocycles. The minimum Gasteiger partial charge on any atom is -0.398 e. The van der Waals surface area contributed by atoms with Gasteiger partial charge >= 0.3 is 0 Å². The average Bonchev–Trinajstić information content (AvgIpc) is 2.31. The molecule has 16 heavy (non-hydrogen) atoms. The maximum Gasteiger partial charge on any atom is 0.0406 e. The molecule has 0 fully saturated rings. The van der Waals surface area contributed by atoms with E-state index in [0.717, 1.165) is 21.8 Å². The molecule has 0 aliphatic carbocycles. The lowest BCUT2D eigenvalue weighted by Crippen LogP contribution is -1.95. The summed E-state index contributed by atoms with van der Waals surface area (Å²) in [6, 6.07) is 17.5. The van der Waals surface area contributed by atoms with Crippen LogP contribution < -0.4 is 5.73 Å². The molecular formula is C14H12ClN. The van der Waals surface area contributed by atoms with Gasteiger partial charge in [-0.1, -0.05) is 54.1 Å². The Balaban J connectivity index is 2.28. The Hall–Kier alpha value is -1.73. The third-order valence-electron chi connectivity index (χ3n) is 2.30. The van der Waals surface area contributed by atoms with Gasteiger partial charge in [0.25, 0.3) is 0 Å². The van der Waals surface area contributed by atoms with Crippen molar-refractivity contribution in [2.75, 3.05) is 0 Å².